The number of phenols is 2. The van der Waals surface area contributed by atoms with E-state index in [1.165, 1.54) is 18.2 Å². The number of aromatic hydroxyl groups is 2. The highest BCUT2D eigenvalue weighted by Crippen LogP contribution is 2.27. The second-order valence-corrected chi connectivity index (χ2v) is 3.19. The summed E-state index contributed by atoms with van der Waals surface area (Å²) in [5.74, 6) is -0.469. The first-order valence-electron chi connectivity index (χ1n) is 4.66. The van der Waals surface area contributed by atoms with Gasteiger partial charge in [0.15, 0.2) is 11.5 Å². The van der Waals surface area contributed by atoms with Gasteiger partial charge in [0.25, 0.3) is 0 Å². The summed E-state index contributed by atoms with van der Waals surface area (Å²) >= 11 is 0. The molecular formula is C10H15NO4. The molecule has 1 aromatic carbocycles. The molecule has 0 aliphatic heterocycles. The summed E-state index contributed by atoms with van der Waals surface area (Å²) in [6.07, 6.45) is -0.775. The van der Waals surface area contributed by atoms with Crippen LogP contribution in [0.25, 0.3) is 0 Å². The highest BCUT2D eigenvalue weighted by molar-refractivity contribution is 5.41. The van der Waals surface area contributed by atoms with E-state index in [4.69, 9.17) is 10.2 Å². The van der Waals surface area contributed by atoms with Gasteiger partial charge in [-0.05, 0) is 17.7 Å². The molecule has 5 N–H and O–H groups in total. The van der Waals surface area contributed by atoms with Crippen LogP contribution in [-0.4, -0.2) is 40.1 Å². The van der Waals surface area contributed by atoms with Crippen molar-refractivity contribution in [2.45, 2.75) is 6.10 Å². The van der Waals surface area contributed by atoms with Gasteiger partial charge < -0.3 is 25.7 Å². The van der Waals surface area contributed by atoms with Gasteiger partial charge in [0.05, 0.1) is 12.7 Å². The molecule has 0 heterocycles. The lowest BCUT2D eigenvalue weighted by Gasteiger charge is -2.12. The van der Waals surface area contributed by atoms with Crippen molar-refractivity contribution in [1.29, 1.82) is 0 Å². The molecule has 0 aliphatic rings. The highest BCUT2D eigenvalue weighted by Gasteiger charge is 2.09. The van der Waals surface area contributed by atoms with E-state index in [1.807, 2.05) is 0 Å². The maximum atomic E-state index is 9.63. The zero-order chi connectivity index (χ0) is 11.3. The topological polar surface area (TPSA) is 93.0 Å². The highest BCUT2D eigenvalue weighted by atomic mass is 16.3. The third kappa shape index (κ3) is 3.39. The Labute approximate surface area is 87.6 Å². The lowest BCUT2D eigenvalue weighted by atomic mass is 10.1. The molecule has 1 rings (SSSR count). The monoisotopic (exact) mass is 213 g/mol. The zero-order valence-corrected chi connectivity index (χ0v) is 8.22. The lowest BCUT2D eigenvalue weighted by molar-refractivity contribution is 0.170. The number of phenolic OH excluding ortho intramolecular Hbond substituents is 2. The van der Waals surface area contributed by atoms with Gasteiger partial charge in [0, 0.05) is 13.1 Å². The van der Waals surface area contributed by atoms with E-state index >= 15 is 0 Å². The van der Waals surface area contributed by atoms with E-state index in [0.717, 1.165) is 0 Å². The van der Waals surface area contributed by atoms with E-state index < -0.39 is 6.10 Å². The van der Waals surface area contributed by atoms with Crippen molar-refractivity contribution in [2.24, 2.45) is 0 Å². The van der Waals surface area contributed by atoms with Gasteiger partial charge in [0.1, 0.15) is 0 Å². The number of hydrogen-bond acceptors (Lipinski definition) is 5. The van der Waals surface area contributed by atoms with E-state index in [-0.39, 0.29) is 24.7 Å². The van der Waals surface area contributed by atoms with Gasteiger partial charge in [-0.3, -0.25) is 0 Å². The smallest absolute Gasteiger partial charge is 0.157 e. The molecule has 1 unspecified atom stereocenters. The van der Waals surface area contributed by atoms with Crippen LogP contribution in [0.3, 0.4) is 0 Å². The first kappa shape index (κ1) is 11.8. The van der Waals surface area contributed by atoms with E-state index in [9.17, 15) is 10.2 Å². The summed E-state index contributed by atoms with van der Waals surface area (Å²) in [5, 5.41) is 39.2. The first-order chi connectivity index (χ1) is 7.15. The summed E-state index contributed by atoms with van der Waals surface area (Å²) in [4.78, 5) is 0. The zero-order valence-electron chi connectivity index (χ0n) is 8.22. The molecule has 0 bridgehead atoms. The van der Waals surface area contributed by atoms with Crippen LogP contribution in [-0.2, 0) is 0 Å². The van der Waals surface area contributed by atoms with E-state index in [0.29, 0.717) is 12.1 Å². The Morgan fingerprint density at radius 1 is 1.20 bits per heavy atom. The average Bonchev–Trinajstić information content (AvgIpc) is 2.22. The predicted molar refractivity (Wildman–Crippen MR) is 54.7 cm³/mol. The number of rotatable bonds is 5. The fraction of sp³-hybridized carbons (Fsp3) is 0.400. The van der Waals surface area contributed by atoms with Crippen molar-refractivity contribution in [1.82, 2.24) is 5.32 Å². The number of hydrogen-bond donors (Lipinski definition) is 5. The largest absolute Gasteiger partial charge is 0.504 e. The number of nitrogens with one attached hydrogen (secondary N) is 1. The van der Waals surface area contributed by atoms with Crippen LogP contribution in [0, 0.1) is 0 Å². The third-order valence-corrected chi connectivity index (χ3v) is 2.01. The Balaban J connectivity index is 2.57. The maximum Gasteiger partial charge on any atom is 0.157 e. The van der Waals surface area contributed by atoms with Gasteiger partial charge in [-0.15, -0.1) is 0 Å². The Morgan fingerprint density at radius 2 is 1.93 bits per heavy atom. The van der Waals surface area contributed by atoms with E-state index in [1.54, 1.807) is 0 Å². The minimum Gasteiger partial charge on any atom is -0.504 e. The molecule has 0 aromatic heterocycles. The van der Waals surface area contributed by atoms with Crippen LogP contribution >= 0.6 is 0 Å². The first-order valence-corrected chi connectivity index (χ1v) is 4.66. The van der Waals surface area contributed by atoms with Crippen LogP contribution in [0.15, 0.2) is 18.2 Å². The summed E-state index contributed by atoms with van der Waals surface area (Å²) in [6, 6.07) is 4.15. The summed E-state index contributed by atoms with van der Waals surface area (Å²) in [7, 11) is 0. The number of aliphatic hydroxyl groups excluding tert-OH is 2. The Kier molecular flexibility index (Phi) is 4.36. The fourth-order valence-electron chi connectivity index (χ4n) is 1.18. The molecule has 0 amide bonds. The van der Waals surface area contributed by atoms with Gasteiger partial charge in [-0.2, -0.15) is 0 Å². The van der Waals surface area contributed by atoms with Crippen molar-refractivity contribution in [3.63, 3.8) is 0 Å². The summed E-state index contributed by atoms with van der Waals surface area (Å²) < 4.78 is 0. The average molecular weight is 213 g/mol. The van der Waals surface area contributed by atoms with Crippen LogP contribution in [0.2, 0.25) is 0 Å². The number of benzene rings is 1. The Bertz CT molecular complexity index is 316. The van der Waals surface area contributed by atoms with Crippen LogP contribution in [0.5, 0.6) is 11.5 Å². The quantitative estimate of drug-likeness (QED) is 0.342. The third-order valence-electron chi connectivity index (χ3n) is 2.01. The van der Waals surface area contributed by atoms with Gasteiger partial charge in [0.2, 0.25) is 0 Å². The Morgan fingerprint density at radius 3 is 2.53 bits per heavy atom. The second kappa shape index (κ2) is 5.55. The molecule has 0 radical (unpaired) electrons. The molecule has 0 aliphatic carbocycles. The van der Waals surface area contributed by atoms with Crippen molar-refractivity contribution in [2.75, 3.05) is 19.7 Å². The molecular weight excluding hydrogens is 198 g/mol. The van der Waals surface area contributed by atoms with Crippen molar-refractivity contribution in [3.05, 3.63) is 23.8 Å². The summed E-state index contributed by atoms with van der Waals surface area (Å²) in [5.41, 5.74) is 0.510. The molecule has 0 spiro atoms. The lowest BCUT2D eigenvalue weighted by Crippen LogP contribution is -2.24. The molecule has 0 saturated carbocycles. The second-order valence-electron chi connectivity index (χ2n) is 3.19. The minimum absolute atomic E-state index is 0.00749. The summed E-state index contributed by atoms with van der Waals surface area (Å²) in [6.45, 7) is 0.694. The standard InChI is InChI=1S/C10H15NO4/c12-4-3-11-6-10(15)7-1-2-8(13)9(14)5-7/h1-2,5,10-15H,3-4,6H2. The molecule has 84 valence electrons. The van der Waals surface area contributed by atoms with Crippen molar-refractivity contribution >= 4 is 0 Å². The van der Waals surface area contributed by atoms with Gasteiger partial charge in [-0.1, -0.05) is 6.07 Å². The Hall–Kier alpha value is -1.30. The van der Waals surface area contributed by atoms with Crippen LogP contribution in [0.1, 0.15) is 11.7 Å². The van der Waals surface area contributed by atoms with Gasteiger partial charge >= 0.3 is 0 Å². The molecule has 1 aromatic rings. The normalized spacial score (nSPS) is 12.7. The van der Waals surface area contributed by atoms with Gasteiger partial charge in [-0.25, -0.2) is 0 Å². The maximum absolute atomic E-state index is 9.63. The molecule has 1 atom stereocenters. The molecule has 0 saturated heterocycles. The molecule has 5 nitrogen and oxygen atoms in total. The van der Waals surface area contributed by atoms with Crippen LogP contribution < -0.4 is 5.32 Å². The number of aliphatic hydroxyl groups is 2. The molecule has 0 fully saturated rings. The van der Waals surface area contributed by atoms with Crippen molar-refractivity contribution < 1.29 is 20.4 Å². The van der Waals surface area contributed by atoms with Crippen LogP contribution in [0.4, 0.5) is 0 Å². The molecule has 5 heteroatoms. The predicted octanol–water partition coefficient (Wildman–Crippen LogP) is -0.287. The fourth-order valence-corrected chi connectivity index (χ4v) is 1.18. The van der Waals surface area contributed by atoms with Crippen molar-refractivity contribution in [3.8, 4) is 11.5 Å². The SMILES string of the molecule is OCCNCC(O)c1ccc(O)c(O)c1. The minimum atomic E-state index is -0.775. The van der Waals surface area contributed by atoms with E-state index in [2.05, 4.69) is 5.32 Å². The molecule has 15 heavy (non-hydrogen) atoms.